The Morgan fingerprint density at radius 3 is 2.94 bits per heavy atom. The second-order valence-corrected chi connectivity index (χ2v) is 3.93. The Morgan fingerprint density at radius 1 is 1.50 bits per heavy atom. The number of aliphatic hydroxyl groups is 1. The summed E-state index contributed by atoms with van der Waals surface area (Å²) in [6.07, 6.45) is 1.22. The van der Waals surface area contributed by atoms with E-state index in [1.807, 2.05) is 17.8 Å². The van der Waals surface area contributed by atoms with Crippen molar-refractivity contribution >= 4 is 10.9 Å². The smallest absolute Gasteiger partial charge is 0.123 e. The lowest BCUT2D eigenvalue weighted by Gasteiger charge is -2.08. The van der Waals surface area contributed by atoms with Crippen LogP contribution in [0.25, 0.3) is 10.9 Å². The Morgan fingerprint density at radius 2 is 2.25 bits per heavy atom. The molecule has 3 nitrogen and oxygen atoms in total. The van der Waals surface area contributed by atoms with Crippen LogP contribution in [0.2, 0.25) is 0 Å². The van der Waals surface area contributed by atoms with Crippen LogP contribution >= 0.6 is 0 Å². The monoisotopic (exact) mass is 222 g/mol. The molecule has 0 aliphatic rings. The van der Waals surface area contributed by atoms with Gasteiger partial charge in [-0.15, -0.1) is 0 Å². The molecular formula is C12H15FN2O. The van der Waals surface area contributed by atoms with E-state index in [-0.39, 0.29) is 5.82 Å². The molecule has 0 spiro atoms. The zero-order valence-corrected chi connectivity index (χ0v) is 9.37. The van der Waals surface area contributed by atoms with Gasteiger partial charge in [-0.3, -0.25) is 0 Å². The predicted molar refractivity (Wildman–Crippen MR) is 61.8 cm³/mol. The van der Waals surface area contributed by atoms with Gasteiger partial charge in [0.25, 0.3) is 0 Å². The molecule has 0 aliphatic heterocycles. The summed E-state index contributed by atoms with van der Waals surface area (Å²) < 4.78 is 15.1. The van der Waals surface area contributed by atoms with Gasteiger partial charge in [-0.1, -0.05) is 0 Å². The normalized spacial score (nSPS) is 13.2. The summed E-state index contributed by atoms with van der Waals surface area (Å²) in [5.41, 5.74) is 1.68. The average molecular weight is 222 g/mol. The van der Waals surface area contributed by atoms with Gasteiger partial charge in [0.15, 0.2) is 0 Å². The molecule has 0 radical (unpaired) electrons. The van der Waals surface area contributed by atoms with Crippen LogP contribution in [0.5, 0.6) is 0 Å². The lowest BCUT2D eigenvalue weighted by atomic mass is 10.1. The zero-order valence-electron chi connectivity index (χ0n) is 9.37. The van der Waals surface area contributed by atoms with Crippen LogP contribution in [0.4, 0.5) is 4.39 Å². The molecule has 0 aliphatic carbocycles. The van der Waals surface area contributed by atoms with E-state index in [4.69, 9.17) is 0 Å². The molecule has 1 unspecified atom stereocenters. The van der Waals surface area contributed by atoms with Gasteiger partial charge in [-0.05, 0) is 25.2 Å². The molecule has 86 valence electrons. The molecule has 2 rings (SSSR count). The molecule has 0 bridgehead atoms. The first-order valence-corrected chi connectivity index (χ1v) is 5.20. The summed E-state index contributed by atoms with van der Waals surface area (Å²) in [7, 11) is 3.66. The summed E-state index contributed by atoms with van der Waals surface area (Å²) in [5.74, 6) is -0.281. The van der Waals surface area contributed by atoms with Gasteiger partial charge in [0.05, 0.1) is 6.10 Å². The molecule has 4 heteroatoms. The highest BCUT2D eigenvalue weighted by atomic mass is 19.1. The molecule has 0 saturated carbocycles. The molecule has 2 N–H and O–H groups in total. The molecule has 0 saturated heterocycles. The van der Waals surface area contributed by atoms with E-state index in [9.17, 15) is 9.50 Å². The lowest BCUT2D eigenvalue weighted by molar-refractivity contribution is 0.179. The summed E-state index contributed by atoms with van der Waals surface area (Å²) in [5, 5.41) is 13.6. The van der Waals surface area contributed by atoms with Crippen LogP contribution in [-0.2, 0) is 7.05 Å². The molecule has 0 fully saturated rings. The van der Waals surface area contributed by atoms with Gasteiger partial charge in [0, 0.05) is 36.3 Å². The van der Waals surface area contributed by atoms with Crippen molar-refractivity contribution in [3.05, 3.63) is 35.8 Å². The van der Waals surface area contributed by atoms with Crippen molar-refractivity contribution in [2.75, 3.05) is 13.6 Å². The van der Waals surface area contributed by atoms with Crippen LogP contribution in [0.3, 0.4) is 0 Å². The van der Waals surface area contributed by atoms with Crippen LogP contribution in [0.1, 0.15) is 11.7 Å². The van der Waals surface area contributed by atoms with Gasteiger partial charge in [0.1, 0.15) is 5.82 Å². The number of nitrogens with one attached hydrogen (secondary N) is 1. The molecule has 0 amide bonds. The van der Waals surface area contributed by atoms with Crippen molar-refractivity contribution in [2.24, 2.45) is 7.05 Å². The first-order chi connectivity index (χ1) is 7.63. The quantitative estimate of drug-likeness (QED) is 0.827. The first kappa shape index (κ1) is 11.1. The van der Waals surface area contributed by atoms with Crippen molar-refractivity contribution in [3.8, 4) is 0 Å². The Hall–Kier alpha value is -1.39. The van der Waals surface area contributed by atoms with Crippen molar-refractivity contribution in [1.82, 2.24) is 9.88 Å². The van der Waals surface area contributed by atoms with Crippen LogP contribution in [0, 0.1) is 5.82 Å². The van der Waals surface area contributed by atoms with Gasteiger partial charge in [0.2, 0.25) is 0 Å². The van der Waals surface area contributed by atoms with Gasteiger partial charge >= 0.3 is 0 Å². The fourth-order valence-electron chi connectivity index (χ4n) is 1.96. The second-order valence-electron chi connectivity index (χ2n) is 3.93. The van der Waals surface area contributed by atoms with Crippen molar-refractivity contribution in [2.45, 2.75) is 6.10 Å². The average Bonchev–Trinajstić information content (AvgIpc) is 2.56. The Balaban J connectivity index is 2.56. The van der Waals surface area contributed by atoms with Crippen LogP contribution in [-0.4, -0.2) is 23.3 Å². The van der Waals surface area contributed by atoms with Gasteiger partial charge in [-0.25, -0.2) is 4.39 Å². The first-order valence-electron chi connectivity index (χ1n) is 5.20. The minimum absolute atomic E-state index is 0.281. The number of rotatable bonds is 3. The number of nitrogens with zero attached hydrogens (tertiary/aromatic N) is 1. The summed E-state index contributed by atoms with van der Waals surface area (Å²) in [6, 6.07) is 4.61. The maximum Gasteiger partial charge on any atom is 0.123 e. The topological polar surface area (TPSA) is 37.2 Å². The molecular weight excluding hydrogens is 207 g/mol. The molecule has 16 heavy (non-hydrogen) atoms. The second kappa shape index (κ2) is 4.23. The van der Waals surface area contributed by atoms with E-state index in [1.54, 1.807) is 13.1 Å². The number of halogens is 1. The van der Waals surface area contributed by atoms with E-state index < -0.39 is 6.10 Å². The molecule has 1 atom stereocenters. The van der Waals surface area contributed by atoms with Crippen molar-refractivity contribution in [3.63, 3.8) is 0 Å². The fourth-order valence-corrected chi connectivity index (χ4v) is 1.96. The van der Waals surface area contributed by atoms with Gasteiger partial charge < -0.3 is 15.0 Å². The Bertz CT molecular complexity index is 507. The molecule has 1 aromatic heterocycles. The van der Waals surface area contributed by atoms with E-state index >= 15 is 0 Å². The maximum absolute atomic E-state index is 13.2. The number of likely N-dealkylation sites (N-methyl/N-ethyl adjacent to an activating group) is 1. The highest BCUT2D eigenvalue weighted by molar-refractivity contribution is 5.84. The standard InChI is InChI=1S/C12H15FN2O/c1-14-6-12(16)10-7-15(2)11-4-3-8(13)5-9(10)11/h3-5,7,12,14,16H,6H2,1-2H3. The van der Waals surface area contributed by atoms with Crippen LogP contribution < -0.4 is 5.32 Å². The number of hydrogen-bond donors (Lipinski definition) is 2. The number of hydrogen-bond acceptors (Lipinski definition) is 2. The van der Waals surface area contributed by atoms with E-state index in [0.717, 1.165) is 16.5 Å². The largest absolute Gasteiger partial charge is 0.387 e. The number of benzene rings is 1. The molecule has 1 aromatic carbocycles. The van der Waals surface area contributed by atoms with E-state index in [2.05, 4.69) is 5.32 Å². The maximum atomic E-state index is 13.2. The van der Waals surface area contributed by atoms with Crippen molar-refractivity contribution in [1.29, 1.82) is 0 Å². The minimum atomic E-state index is -0.615. The zero-order chi connectivity index (χ0) is 11.7. The number of aryl methyl sites for hydroxylation is 1. The number of fused-ring (bicyclic) bond motifs is 1. The fraction of sp³-hybridized carbons (Fsp3) is 0.333. The van der Waals surface area contributed by atoms with Gasteiger partial charge in [-0.2, -0.15) is 0 Å². The van der Waals surface area contributed by atoms with E-state index in [0.29, 0.717) is 6.54 Å². The summed E-state index contributed by atoms with van der Waals surface area (Å²) in [6.45, 7) is 0.454. The third-order valence-electron chi connectivity index (χ3n) is 2.74. The Labute approximate surface area is 93.5 Å². The summed E-state index contributed by atoms with van der Waals surface area (Å²) in [4.78, 5) is 0. The number of aromatic nitrogens is 1. The number of aliphatic hydroxyl groups excluding tert-OH is 1. The molecule has 2 aromatic rings. The minimum Gasteiger partial charge on any atom is -0.387 e. The Kier molecular flexibility index (Phi) is 2.94. The summed E-state index contributed by atoms with van der Waals surface area (Å²) >= 11 is 0. The lowest BCUT2D eigenvalue weighted by Crippen LogP contribution is -2.16. The highest BCUT2D eigenvalue weighted by Gasteiger charge is 2.14. The van der Waals surface area contributed by atoms with E-state index in [1.165, 1.54) is 12.1 Å². The third kappa shape index (κ3) is 1.81. The predicted octanol–water partition coefficient (Wildman–Crippen LogP) is 1.57. The van der Waals surface area contributed by atoms with Crippen molar-refractivity contribution < 1.29 is 9.50 Å². The van der Waals surface area contributed by atoms with Crippen LogP contribution in [0.15, 0.2) is 24.4 Å². The highest BCUT2D eigenvalue weighted by Crippen LogP contribution is 2.26. The SMILES string of the molecule is CNCC(O)c1cn(C)c2ccc(F)cc12. The molecule has 1 heterocycles. The third-order valence-corrected chi connectivity index (χ3v) is 2.74.